The van der Waals surface area contributed by atoms with Crippen molar-refractivity contribution < 1.29 is 4.39 Å². The molecule has 0 unspecified atom stereocenters. The van der Waals surface area contributed by atoms with Crippen LogP contribution in [0.3, 0.4) is 0 Å². The largest absolute Gasteiger partial charge is 0.346 e. The Labute approximate surface area is 118 Å². The summed E-state index contributed by atoms with van der Waals surface area (Å²) in [6.45, 7) is 6.20. The van der Waals surface area contributed by atoms with E-state index in [0.29, 0.717) is 5.69 Å². The van der Waals surface area contributed by atoms with Gasteiger partial charge in [0.1, 0.15) is 11.7 Å². The first-order valence-corrected chi connectivity index (χ1v) is 7.52. The van der Waals surface area contributed by atoms with Gasteiger partial charge < -0.3 is 5.32 Å². The van der Waals surface area contributed by atoms with Crippen LogP contribution >= 0.6 is 11.8 Å². The van der Waals surface area contributed by atoms with Crippen molar-refractivity contribution in [2.45, 2.75) is 33.6 Å². The van der Waals surface area contributed by atoms with Crippen molar-refractivity contribution in [2.75, 3.05) is 5.75 Å². The van der Waals surface area contributed by atoms with Gasteiger partial charge in [0.05, 0.1) is 11.4 Å². The number of allylic oxidation sites excluding steroid dienone is 2. The Morgan fingerprint density at radius 2 is 2.16 bits per heavy atom. The summed E-state index contributed by atoms with van der Waals surface area (Å²) in [5.74, 6) is 1.48. The minimum absolute atomic E-state index is 0.243. The van der Waals surface area contributed by atoms with Crippen LogP contribution in [0.15, 0.2) is 33.8 Å². The molecule has 1 aliphatic rings. The van der Waals surface area contributed by atoms with Crippen molar-refractivity contribution in [3.05, 3.63) is 40.2 Å². The number of hydrogen-bond acceptors (Lipinski definition) is 2. The molecule has 0 amide bonds. The third kappa shape index (κ3) is 3.60. The number of aryl methyl sites for hydroxylation is 1. The molecule has 1 N–H and O–H groups in total. The molecule has 0 fully saturated rings. The molecule has 1 aliphatic heterocycles. The summed E-state index contributed by atoms with van der Waals surface area (Å²) < 4.78 is 13.2. The molecule has 1 aromatic rings. The Morgan fingerprint density at radius 3 is 2.84 bits per heavy atom. The third-order valence-corrected chi connectivity index (χ3v) is 4.31. The van der Waals surface area contributed by atoms with Crippen molar-refractivity contribution in [1.82, 2.24) is 5.32 Å². The minimum atomic E-state index is -0.243. The summed E-state index contributed by atoms with van der Waals surface area (Å²) in [5, 5.41) is 3.33. The van der Waals surface area contributed by atoms with E-state index in [4.69, 9.17) is 0 Å². The second-order valence-corrected chi connectivity index (χ2v) is 5.77. The third-order valence-electron chi connectivity index (χ3n) is 3.04. The number of aliphatic imine (C=N–C) groups is 1. The normalized spacial score (nSPS) is 17.8. The van der Waals surface area contributed by atoms with Crippen LogP contribution in [-0.2, 0) is 0 Å². The van der Waals surface area contributed by atoms with E-state index < -0.39 is 0 Å². The van der Waals surface area contributed by atoms with E-state index in [1.54, 1.807) is 6.07 Å². The van der Waals surface area contributed by atoms with Crippen LogP contribution in [0, 0.1) is 12.7 Å². The molecule has 2 nitrogen and oxygen atoms in total. The van der Waals surface area contributed by atoms with Gasteiger partial charge in [-0.15, -0.1) is 11.8 Å². The van der Waals surface area contributed by atoms with E-state index >= 15 is 0 Å². The molecule has 0 spiro atoms. The Bertz CT molecular complexity index is 535. The number of benzene rings is 1. The highest BCUT2D eigenvalue weighted by Gasteiger charge is 2.14. The lowest BCUT2D eigenvalue weighted by atomic mass is 10.2. The van der Waals surface area contributed by atoms with Crippen LogP contribution in [0.2, 0.25) is 0 Å². The molecule has 0 saturated carbocycles. The molecule has 0 saturated heterocycles. The summed E-state index contributed by atoms with van der Waals surface area (Å²) in [7, 11) is 0. The van der Waals surface area contributed by atoms with Crippen molar-refractivity contribution in [2.24, 2.45) is 4.99 Å². The highest BCUT2D eigenvalue weighted by Crippen LogP contribution is 2.28. The molecular formula is C15H19FN2S. The lowest BCUT2D eigenvalue weighted by Crippen LogP contribution is -2.28. The maximum Gasteiger partial charge on any atom is 0.125 e. The number of nitrogens with zero attached hydrogens (tertiary/aromatic N) is 1. The van der Waals surface area contributed by atoms with E-state index in [0.717, 1.165) is 30.0 Å². The molecule has 19 heavy (non-hydrogen) atoms. The van der Waals surface area contributed by atoms with Crippen LogP contribution in [0.1, 0.15) is 32.3 Å². The summed E-state index contributed by atoms with van der Waals surface area (Å²) in [6.07, 6.45) is 2.26. The number of amidine groups is 1. The second kappa shape index (κ2) is 6.24. The first-order valence-electron chi connectivity index (χ1n) is 6.53. The molecule has 0 bridgehead atoms. The van der Waals surface area contributed by atoms with Crippen LogP contribution < -0.4 is 5.32 Å². The Kier molecular flexibility index (Phi) is 4.64. The second-order valence-electron chi connectivity index (χ2n) is 4.70. The average Bonchev–Trinajstić information content (AvgIpc) is 2.37. The highest BCUT2D eigenvalue weighted by atomic mass is 32.2. The van der Waals surface area contributed by atoms with Crippen molar-refractivity contribution in [3.63, 3.8) is 0 Å². The molecule has 2 rings (SSSR count). The summed E-state index contributed by atoms with van der Waals surface area (Å²) in [4.78, 5) is 5.93. The zero-order valence-corrected chi connectivity index (χ0v) is 12.4. The zero-order chi connectivity index (χ0) is 13.8. The molecule has 0 atom stereocenters. The van der Waals surface area contributed by atoms with Gasteiger partial charge in [0.15, 0.2) is 0 Å². The first kappa shape index (κ1) is 14.1. The standard InChI is InChI=1S/C15H19FN2S/c1-4-5-14-11(3)17-15(9-19-14)18-13-8-12(16)7-6-10(13)2/h6-8H,4-5,9H2,1-3H3,(H,17,18). The maximum atomic E-state index is 13.2. The van der Waals surface area contributed by atoms with Gasteiger partial charge in [0.25, 0.3) is 0 Å². The van der Waals surface area contributed by atoms with Crippen LogP contribution in [0.4, 0.5) is 10.1 Å². The van der Waals surface area contributed by atoms with E-state index in [2.05, 4.69) is 24.2 Å². The monoisotopic (exact) mass is 278 g/mol. The van der Waals surface area contributed by atoms with Crippen LogP contribution in [0.5, 0.6) is 0 Å². The average molecular weight is 278 g/mol. The van der Waals surface area contributed by atoms with E-state index in [1.807, 2.05) is 18.7 Å². The number of halogens is 1. The number of rotatable bonds is 3. The van der Waals surface area contributed by atoms with E-state index in [9.17, 15) is 4.39 Å². The van der Waals surface area contributed by atoms with Gasteiger partial charge in [-0.2, -0.15) is 0 Å². The predicted octanol–water partition coefficient (Wildman–Crippen LogP) is 4.53. The molecular weight excluding hydrogens is 259 g/mol. The maximum absolute atomic E-state index is 13.2. The van der Waals surface area contributed by atoms with Gasteiger partial charge in [-0.3, -0.25) is 0 Å². The van der Waals surface area contributed by atoms with Gasteiger partial charge >= 0.3 is 0 Å². The summed E-state index contributed by atoms with van der Waals surface area (Å²) in [5.41, 5.74) is 2.86. The van der Waals surface area contributed by atoms with Crippen molar-refractivity contribution in [3.8, 4) is 0 Å². The molecule has 0 aromatic heterocycles. The Balaban J connectivity index is 2.20. The van der Waals surface area contributed by atoms with Crippen LogP contribution in [-0.4, -0.2) is 11.6 Å². The highest BCUT2D eigenvalue weighted by molar-refractivity contribution is 8.03. The number of nitrogens with one attached hydrogen (secondary N) is 1. The lowest BCUT2D eigenvalue weighted by molar-refractivity contribution is 0.628. The van der Waals surface area contributed by atoms with Crippen LogP contribution in [0.25, 0.3) is 0 Å². The topological polar surface area (TPSA) is 24.4 Å². The predicted molar refractivity (Wildman–Crippen MR) is 81.4 cm³/mol. The fraction of sp³-hybridized carbons (Fsp3) is 0.400. The smallest absolute Gasteiger partial charge is 0.125 e. The summed E-state index contributed by atoms with van der Waals surface area (Å²) >= 11 is 1.83. The van der Waals surface area contributed by atoms with Gasteiger partial charge in [-0.05, 0) is 38.0 Å². The Morgan fingerprint density at radius 1 is 1.37 bits per heavy atom. The molecule has 0 radical (unpaired) electrons. The fourth-order valence-corrected chi connectivity index (χ4v) is 3.04. The fourth-order valence-electron chi connectivity index (χ4n) is 1.98. The number of thioether (sulfide) groups is 1. The molecule has 0 aliphatic carbocycles. The zero-order valence-electron chi connectivity index (χ0n) is 11.6. The summed E-state index contributed by atoms with van der Waals surface area (Å²) in [6, 6.07) is 4.71. The van der Waals surface area contributed by atoms with Gasteiger partial charge in [-0.25, -0.2) is 9.38 Å². The molecule has 4 heteroatoms. The van der Waals surface area contributed by atoms with Crippen molar-refractivity contribution in [1.29, 1.82) is 0 Å². The first-order chi connectivity index (χ1) is 9.10. The lowest BCUT2D eigenvalue weighted by Gasteiger charge is -2.20. The van der Waals surface area contributed by atoms with E-state index in [-0.39, 0.29) is 5.82 Å². The van der Waals surface area contributed by atoms with Crippen molar-refractivity contribution >= 4 is 23.3 Å². The van der Waals surface area contributed by atoms with E-state index in [1.165, 1.54) is 22.7 Å². The Hall–Kier alpha value is -1.29. The molecule has 1 heterocycles. The number of hydrogen-bond donors (Lipinski definition) is 1. The van der Waals surface area contributed by atoms with Gasteiger partial charge in [0.2, 0.25) is 0 Å². The van der Waals surface area contributed by atoms with Gasteiger partial charge in [-0.1, -0.05) is 19.4 Å². The minimum Gasteiger partial charge on any atom is -0.346 e. The molecule has 102 valence electrons. The molecule has 1 aromatic carbocycles. The quantitative estimate of drug-likeness (QED) is 0.878. The SMILES string of the molecule is CCCC1=C(C)NC(=Nc2cc(F)ccc2C)CS1. The van der Waals surface area contributed by atoms with Gasteiger partial charge in [0, 0.05) is 10.6 Å².